The Balaban J connectivity index is 0.000000811. The van der Waals surface area contributed by atoms with E-state index in [-0.39, 0.29) is 40.4 Å². The van der Waals surface area contributed by atoms with Crippen LogP contribution in [-0.2, 0) is 27.2 Å². The molecule has 3 aliphatic rings. The summed E-state index contributed by atoms with van der Waals surface area (Å²) in [6, 6.07) is 18.3. The number of alkyl halides is 3. The Morgan fingerprint density at radius 3 is 2.14 bits per heavy atom. The van der Waals surface area contributed by atoms with Crippen LogP contribution in [0.3, 0.4) is 0 Å². The summed E-state index contributed by atoms with van der Waals surface area (Å²) in [5.74, 6) is -2.10. The van der Waals surface area contributed by atoms with Gasteiger partial charge in [0.2, 0.25) is 0 Å². The Labute approximate surface area is 335 Å². The summed E-state index contributed by atoms with van der Waals surface area (Å²) in [7, 11) is 3.02. The van der Waals surface area contributed by atoms with Gasteiger partial charge in [0.25, 0.3) is 0 Å². The molecule has 0 aliphatic carbocycles. The van der Waals surface area contributed by atoms with Gasteiger partial charge in [0.15, 0.2) is 23.9 Å². The third kappa shape index (κ3) is 11.1. The summed E-state index contributed by atoms with van der Waals surface area (Å²) in [5, 5.41) is 29.4. The van der Waals surface area contributed by atoms with E-state index in [0.29, 0.717) is 45.5 Å². The zero-order chi connectivity index (χ0) is 41.4. The van der Waals surface area contributed by atoms with Crippen LogP contribution in [0.25, 0.3) is 0 Å². The number of aromatic nitrogens is 1. The number of anilines is 1. The number of methoxy groups -OCH3 is 2. The number of nitrogens with zero attached hydrogens (tertiary/aromatic N) is 3. The molecule has 3 aliphatic heterocycles. The van der Waals surface area contributed by atoms with Crippen molar-refractivity contribution >= 4 is 46.9 Å². The van der Waals surface area contributed by atoms with Crippen molar-refractivity contribution < 1.29 is 61.4 Å². The van der Waals surface area contributed by atoms with Crippen LogP contribution in [0.5, 0.6) is 17.2 Å². The molecule has 4 aromatic rings. The lowest BCUT2D eigenvalue weighted by Crippen LogP contribution is -2.53. The highest BCUT2D eigenvalue weighted by Gasteiger charge is 2.39. The van der Waals surface area contributed by atoms with Crippen molar-refractivity contribution in [3.05, 3.63) is 117 Å². The van der Waals surface area contributed by atoms with Crippen molar-refractivity contribution in [2.75, 3.05) is 38.8 Å². The van der Waals surface area contributed by atoms with Crippen LogP contribution < -0.4 is 19.1 Å². The van der Waals surface area contributed by atoms with E-state index < -0.39 is 30.3 Å². The molecule has 304 valence electrons. The first-order valence-electron chi connectivity index (χ1n) is 17.4. The SMILES string of the molecule is COc1ccc([C@H](Cc2c(Cl)c[n+]([O-])cc2Cl)OC(=O)c2ccc(CN(C(=O)O[C@H]3CN4CCC3CC4)c3cccc(O)c3)cc2)cc1OC.O=C(O)C(F)(F)F. The zero-order valence-corrected chi connectivity index (χ0v) is 32.1. The van der Waals surface area contributed by atoms with Gasteiger partial charge in [-0.25, -0.2) is 14.4 Å². The number of phenolic OH excluding ortho intramolecular Hbond substituents is 1. The highest BCUT2D eigenvalue weighted by Crippen LogP contribution is 2.36. The molecule has 3 saturated heterocycles. The Morgan fingerprint density at radius 2 is 1.60 bits per heavy atom. The van der Waals surface area contributed by atoms with Crippen molar-refractivity contribution in [1.29, 1.82) is 0 Å². The molecule has 13 nitrogen and oxygen atoms in total. The number of carboxylic acid groups (broad SMARTS) is 1. The van der Waals surface area contributed by atoms with E-state index in [1.165, 1.54) is 43.6 Å². The van der Waals surface area contributed by atoms with Crippen LogP contribution in [0.4, 0.5) is 23.7 Å². The van der Waals surface area contributed by atoms with E-state index in [0.717, 1.165) is 31.5 Å². The number of aromatic hydroxyl groups is 1. The lowest BCUT2D eigenvalue weighted by atomic mass is 9.86. The number of ether oxygens (including phenoxy) is 4. The molecule has 4 heterocycles. The number of phenols is 1. The molecule has 2 bridgehead atoms. The van der Waals surface area contributed by atoms with Crippen molar-refractivity contribution in [2.24, 2.45) is 5.92 Å². The smallest absolute Gasteiger partial charge is 0.490 e. The predicted molar refractivity (Wildman–Crippen MR) is 201 cm³/mol. The number of halogens is 5. The number of esters is 1. The number of fused-ring (bicyclic) bond motifs is 3. The molecule has 3 fully saturated rings. The summed E-state index contributed by atoms with van der Waals surface area (Å²) < 4.78 is 55.2. The van der Waals surface area contributed by atoms with Gasteiger partial charge in [-0.2, -0.15) is 17.9 Å². The van der Waals surface area contributed by atoms with Crippen molar-refractivity contribution in [1.82, 2.24) is 4.90 Å². The average molecular weight is 837 g/mol. The molecule has 7 rings (SSSR count). The number of hydrogen-bond acceptors (Lipinski definition) is 10. The number of carboxylic acids is 1. The van der Waals surface area contributed by atoms with Gasteiger partial charge >= 0.3 is 24.2 Å². The second kappa shape index (κ2) is 18.7. The molecule has 2 N–H and O–H groups in total. The topological polar surface area (TPSA) is 162 Å². The predicted octanol–water partition coefficient (Wildman–Crippen LogP) is 7.36. The molecule has 0 saturated carbocycles. The molecule has 1 amide bonds. The Bertz CT molecular complexity index is 2040. The summed E-state index contributed by atoms with van der Waals surface area (Å²) in [4.78, 5) is 39.9. The van der Waals surface area contributed by atoms with Gasteiger partial charge < -0.3 is 34.4 Å². The molecule has 18 heteroatoms. The highest BCUT2D eigenvalue weighted by atomic mass is 35.5. The van der Waals surface area contributed by atoms with Crippen LogP contribution >= 0.6 is 23.2 Å². The Hall–Kier alpha value is -5.45. The van der Waals surface area contributed by atoms with Crippen LogP contribution in [0.2, 0.25) is 10.0 Å². The van der Waals surface area contributed by atoms with E-state index >= 15 is 0 Å². The average Bonchev–Trinajstić information content (AvgIpc) is 3.18. The van der Waals surface area contributed by atoms with Gasteiger partial charge in [-0.3, -0.25) is 9.80 Å². The Kier molecular flexibility index (Phi) is 14.0. The largest absolute Gasteiger partial charge is 0.619 e. The molecule has 0 spiro atoms. The first-order valence-corrected chi connectivity index (χ1v) is 18.2. The fourth-order valence-electron chi connectivity index (χ4n) is 6.48. The highest BCUT2D eigenvalue weighted by molar-refractivity contribution is 6.35. The number of piperidine rings is 3. The Morgan fingerprint density at radius 1 is 0.965 bits per heavy atom. The number of hydrogen-bond donors (Lipinski definition) is 2. The third-order valence-corrected chi connectivity index (χ3v) is 10.1. The first kappa shape index (κ1) is 42.7. The maximum Gasteiger partial charge on any atom is 0.490 e. The van der Waals surface area contributed by atoms with Gasteiger partial charge in [0.05, 0.1) is 32.0 Å². The van der Waals surface area contributed by atoms with E-state index in [2.05, 4.69) is 4.90 Å². The van der Waals surface area contributed by atoms with Crippen LogP contribution in [-0.4, -0.2) is 79.3 Å². The second-order valence-corrected chi connectivity index (χ2v) is 14.0. The fourth-order valence-corrected chi connectivity index (χ4v) is 7.08. The van der Waals surface area contributed by atoms with Gasteiger partial charge in [-0.1, -0.05) is 47.5 Å². The quantitative estimate of drug-likeness (QED) is 0.0882. The standard InChI is InChI=1S/C37H37Cl2N3O8.C2HF3O2/c1-47-32-11-10-26(16-34(32)48-2)33(18-29-30(38)20-41(46)21-31(29)39)49-36(44)25-8-6-23(7-9-25)19-42(27-4-3-5-28(43)17-27)37(45)50-35-22-40-14-12-24(35)13-15-40;3-2(4,5)1(6)7/h3-11,16-17,20-21,24,33,35,43H,12-15,18-19,22H2,1-2H3;(H,6,7)/t33-,35-;/m0./s1. The number of amides is 1. The van der Waals surface area contributed by atoms with Gasteiger partial charge in [0.1, 0.15) is 28.0 Å². The lowest BCUT2D eigenvalue weighted by molar-refractivity contribution is -0.605. The maximum absolute atomic E-state index is 13.6. The van der Waals surface area contributed by atoms with Crippen molar-refractivity contribution in [3.63, 3.8) is 0 Å². The molecular formula is C39H38Cl2F3N3O10. The lowest BCUT2D eigenvalue weighted by Gasteiger charge is -2.44. The summed E-state index contributed by atoms with van der Waals surface area (Å²) >= 11 is 12.8. The molecular weight excluding hydrogens is 798 g/mol. The monoisotopic (exact) mass is 835 g/mol. The molecule has 2 atom stereocenters. The summed E-state index contributed by atoms with van der Waals surface area (Å²) in [6.45, 7) is 2.90. The number of rotatable bonds is 11. The third-order valence-electron chi connectivity index (χ3n) is 9.46. The van der Waals surface area contributed by atoms with Crippen LogP contribution in [0, 0.1) is 11.1 Å². The van der Waals surface area contributed by atoms with E-state index in [1.807, 2.05) is 0 Å². The van der Waals surface area contributed by atoms with Gasteiger partial charge in [-0.15, -0.1) is 0 Å². The fraction of sp³-hybridized carbons (Fsp3) is 0.333. The minimum Gasteiger partial charge on any atom is -0.619 e. The normalized spacial score (nSPS) is 17.7. The van der Waals surface area contributed by atoms with E-state index in [9.17, 15) is 33.1 Å². The van der Waals surface area contributed by atoms with Gasteiger partial charge in [-0.05, 0) is 79.4 Å². The van der Waals surface area contributed by atoms with Gasteiger partial charge in [0, 0.05) is 24.6 Å². The molecule has 57 heavy (non-hydrogen) atoms. The maximum atomic E-state index is 13.6. The molecule has 0 radical (unpaired) electrons. The number of carbonyl (C=O) groups is 3. The zero-order valence-electron chi connectivity index (χ0n) is 30.6. The van der Waals surface area contributed by atoms with Crippen molar-refractivity contribution in [2.45, 2.75) is 44.2 Å². The van der Waals surface area contributed by atoms with E-state index in [1.54, 1.807) is 54.6 Å². The number of benzene rings is 3. The molecule has 3 aromatic carbocycles. The first-order chi connectivity index (χ1) is 27.1. The van der Waals surface area contributed by atoms with Crippen LogP contribution in [0.15, 0.2) is 79.1 Å². The minimum absolute atomic E-state index is 0.0237. The summed E-state index contributed by atoms with van der Waals surface area (Å²) in [6.07, 6.45) is -2.22. The molecule has 1 aromatic heterocycles. The number of carbonyl (C=O) groups excluding carboxylic acids is 2. The summed E-state index contributed by atoms with van der Waals surface area (Å²) in [5.41, 5.74) is 2.49. The van der Waals surface area contributed by atoms with Crippen LogP contribution in [0.1, 0.15) is 46.0 Å². The number of pyridine rings is 1. The molecule has 0 unspecified atom stereocenters. The van der Waals surface area contributed by atoms with E-state index in [4.69, 9.17) is 52.1 Å². The second-order valence-electron chi connectivity index (χ2n) is 13.2. The van der Waals surface area contributed by atoms with Crippen molar-refractivity contribution in [3.8, 4) is 17.2 Å². The number of aliphatic carboxylic acids is 1. The minimum atomic E-state index is -5.08.